The number of hydrogen-bond acceptors (Lipinski definition) is 6. The highest BCUT2D eigenvalue weighted by molar-refractivity contribution is 7.92. The number of carbonyl (C=O) groups excluding carboxylic acids is 1. The molecule has 10 nitrogen and oxygen atoms in total. The van der Waals surface area contributed by atoms with Crippen molar-refractivity contribution in [1.82, 2.24) is 9.99 Å². The quantitative estimate of drug-likeness (QED) is 0.251. The second-order valence-electron chi connectivity index (χ2n) is 7.61. The van der Waals surface area contributed by atoms with Gasteiger partial charge >= 0.3 is 0 Å². The molecule has 1 aromatic heterocycles. The van der Waals surface area contributed by atoms with Crippen LogP contribution in [0.2, 0.25) is 5.02 Å². The minimum absolute atomic E-state index is 0.0149. The molecule has 0 aliphatic heterocycles. The minimum atomic E-state index is -4.20. The maximum Gasteiger partial charge on any atom is 0.279 e. The third kappa shape index (κ3) is 6.19. The fourth-order valence-electron chi connectivity index (χ4n) is 3.22. The van der Waals surface area contributed by atoms with Gasteiger partial charge in [0.2, 0.25) is 5.91 Å². The molecule has 0 unspecified atom stereocenters. The van der Waals surface area contributed by atoms with E-state index in [1.807, 2.05) is 0 Å². The van der Waals surface area contributed by atoms with Crippen LogP contribution in [0.1, 0.15) is 22.3 Å². The molecule has 3 aromatic rings. The van der Waals surface area contributed by atoms with E-state index in [-0.39, 0.29) is 40.0 Å². The smallest absolute Gasteiger partial charge is 0.279 e. The van der Waals surface area contributed by atoms with Crippen molar-refractivity contribution in [3.63, 3.8) is 0 Å². The van der Waals surface area contributed by atoms with E-state index in [4.69, 9.17) is 27.5 Å². The number of nitrogens with one attached hydrogen (secondary N) is 3. The van der Waals surface area contributed by atoms with E-state index in [1.165, 1.54) is 37.6 Å². The molecule has 0 aliphatic rings. The van der Waals surface area contributed by atoms with Crippen molar-refractivity contribution >= 4 is 33.4 Å². The molecule has 1 heterocycles. The Balaban J connectivity index is 1.77. The van der Waals surface area contributed by atoms with Crippen LogP contribution in [-0.2, 0) is 27.8 Å². The number of nitrogens with zero attached hydrogens (tertiary/aromatic N) is 1. The summed E-state index contributed by atoms with van der Waals surface area (Å²) in [5, 5.41) is 10.4. The van der Waals surface area contributed by atoms with E-state index in [1.54, 1.807) is 31.2 Å². The van der Waals surface area contributed by atoms with E-state index in [9.17, 15) is 18.0 Å². The maximum atomic E-state index is 13.0. The van der Waals surface area contributed by atoms with Crippen LogP contribution < -0.4 is 26.2 Å². The average Bonchev–Trinajstić information content (AvgIpc) is 2.82. The van der Waals surface area contributed by atoms with Gasteiger partial charge in [0.15, 0.2) is 0 Å². The number of nitrogen functional groups attached to an aromatic ring is 1. The molecule has 12 heteroatoms. The van der Waals surface area contributed by atoms with Gasteiger partial charge in [-0.25, -0.2) is 9.51 Å². The lowest BCUT2D eigenvalue weighted by Crippen LogP contribution is -2.36. The standard InChI is InChI=1S/C23H24ClN5O5S/c1-14-9-10-29(28-35(32,33)20-8-7-17(24)11-19(20)34-2)23(31)18(14)12-21(30)27-13-15-3-5-16(6-4-15)22(25)26/h3-11,28H,12-13H2,1-2H3,(H3,25,26)(H,27,30). The number of rotatable bonds is 9. The van der Waals surface area contributed by atoms with Crippen LogP contribution in [0.25, 0.3) is 0 Å². The largest absolute Gasteiger partial charge is 0.495 e. The number of sulfonamides is 1. The van der Waals surface area contributed by atoms with Gasteiger partial charge in [0.05, 0.1) is 13.5 Å². The summed E-state index contributed by atoms with van der Waals surface area (Å²) in [5.41, 5.74) is 6.79. The molecular formula is C23H24ClN5O5S. The summed E-state index contributed by atoms with van der Waals surface area (Å²) in [4.78, 5) is 27.5. The molecule has 0 saturated heterocycles. The van der Waals surface area contributed by atoms with Gasteiger partial charge in [0, 0.05) is 35.0 Å². The zero-order valence-electron chi connectivity index (χ0n) is 19.0. The molecule has 0 saturated carbocycles. The Hall–Kier alpha value is -3.83. The summed E-state index contributed by atoms with van der Waals surface area (Å²) in [6.45, 7) is 1.87. The van der Waals surface area contributed by atoms with Crippen LogP contribution in [-0.4, -0.2) is 31.9 Å². The second kappa shape index (κ2) is 10.6. The van der Waals surface area contributed by atoms with Crippen molar-refractivity contribution in [2.75, 3.05) is 11.9 Å². The van der Waals surface area contributed by atoms with Gasteiger partial charge in [-0.15, -0.1) is 0 Å². The van der Waals surface area contributed by atoms with Crippen molar-refractivity contribution in [1.29, 1.82) is 5.41 Å². The van der Waals surface area contributed by atoms with E-state index in [0.29, 0.717) is 11.1 Å². The molecule has 2 aromatic carbocycles. The lowest BCUT2D eigenvalue weighted by Gasteiger charge is -2.15. The molecule has 0 spiro atoms. The van der Waals surface area contributed by atoms with Gasteiger partial charge in [-0.05, 0) is 36.2 Å². The summed E-state index contributed by atoms with van der Waals surface area (Å²) in [6, 6.07) is 12.3. The van der Waals surface area contributed by atoms with Gasteiger partial charge in [0.1, 0.15) is 16.5 Å². The highest BCUT2D eigenvalue weighted by Crippen LogP contribution is 2.27. The first-order valence-corrected chi connectivity index (χ1v) is 12.2. The lowest BCUT2D eigenvalue weighted by molar-refractivity contribution is -0.120. The number of amides is 1. The predicted molar refractivity (Wildman–Crippen MR) is 133 cm³/mol. The fourth-order valence-corrected chi connectivity index (χ4v) is 4.54. The Morgan fingerprint density at radius 3 is 2.49 bits per heavy atom. The van der Waals surface area contributed by atoms with Gasteiger partial charge in [-0.2, -0.15) is 8.42 Å². The molecule has 5 N–H and O–H groups in total. The monoisotopic (exact) mass is 517 g/mol. The lowest BCUT2D eigenvalue weighted by atomic mass is 10.1. The van der Waals surface area contributed by atoms with Gasteiger partial charge in [0.25, 0.3) is 15.6 Å². The number of aromatic nitrogens is 1. The van der Waals surface area contributed by atoms with Crippen LogP contribution in [0.3, 0.4) is 0 Å². The first-order valence-electron chi connectivity index (χ1n) is 10.3. The number of ether oxygens (including phenoxy) is 1. The van der Waals surface area contributed by atoms with E-state index < -0.39 is 21.5 Å². The summed E-state index contributed by atoms with van der Waals surface area (Å²) < 4.78 is 31.7. The van der Waals surface area contributed by atoms with Gasteiger partial charge in [-0.3, -0.25) is 15.0 Å². The zero-order chi connectivity index (χ0) is 25.8. The SMILES string of the molecule is COc1cc(Cl)ccc1S(=O)(=O)Nn1ccc(C)c(CC(=O)NCc2ccc(C(=N)N)cc2)c1=O. The number of halogens is 1. The highest BCUT2D eigenvalue weighted by atomic mass is 35.5. The molecule has 184 valence electrons. The summed E-state index contributed by atoms with van der Waals surface area (Å²) in [7, 11) is -2.90. The normalized spacial score (nSPS) is 11.1. The fraction of sp³-hybridized carbons (Fsp3) is 0.174. The molecule has 35 heavy (non-hydrogen) atoms. The van der Waals surface area contributed by atoms with Gasteiger partial charge in [-0.1, -0.05) is 35.9 Å². The Kier molecular flexibility index (Phi) is 7.82. The molecule has 0 bridgehead atoms. The molecule has 1 amide bonds. The third-order valence-electron chi connectivity index (χ3n) is 5.15. The van der Waals surface area contributed by atoms with E-state index in [0.717, 1.165) is 10.2 Å². The first-order chi connectivity index (χ1) is 16.5. The number of benzene rings is 2. The number of hydrogen-bond donors (Lipinski definition) is 4. The number of amidine groups is 1. The van der Waals surface area contributed by atoms with Crippen molar-refractivity contribution in [3.05, 3.63) is 92.4 Å². The number of pyridine rings is 1. The number of carbonyl (C=O) groups is 1. The summed E-state index contributed by atoms with van der Waals surface area (Å²) in [5.74, 6) is -0.455. The first kappa shape index (κ1) is 25.8. The Morgan fingerprint density at radius 1 is 1.17 bits per heavy atom. The van der Waals surface area contributed by atoms with Crippen molar-refractivity contribution < 1.29 is 17.9 Å². The Bertz CT molecular complexity index is 1440. The molecule has 0 aliphatic carbocycles. The molecule has 0 atom stereocenters. The summed E-state index contributed by atoms with van der Waals surface area (Å²) >= 11 is 5.90. The summed E-state index contributed by atoms with van der Waals surface area (Å²) in [6.07, 6.45) is 1.03. The van der Waals surface area contributed by atoms with Crippen LogP contribution in [0, 0.1) is 12.3 Å². The predicted octanol–water partition coefficient (Wildman–Crippen LogP) is 1.89. The highest BCUT2D eigenvalue weighted by Gasteiger charge is 2.22. The second-order valence-corrected chi connectivity index (χ2v) is 9.67. The Labute approximate surface area is 207 Å². The van der Waals surface area contributed by atoms with Gasteiger partial charge < -0.3 is 15.8 Å². The van der Waals surface area contributed by atoms with Crippen molar-refractivity contribution in [2.45, 2.75) is 24.8 Å². The van der Waals surface area contributed by atoms with Crippen LogP contribution in [0.15, 0.2) is 64.4 Å². The number of nitrogens with two attached hydrogens (primary N) is 1. The topological polar surface area (TPSA) is 156 Å². The van der Waals surface area contributed by atoms with Crippen LogP contribution >= 0.6 is 11.6 Å². The number of methoxy groups -OCH3 is 1. The van der Waals surface area contributed by atoms with E-state index >= 15 is 0 Å². The maximum absolute atomic E-state index is 13.0. The molecule has 3 rings (SSSR count). The number of aryl methyl sites for hydroxylation is 1. The molecular weight excluding hydrogens is 494 g/mol. The zero-order valence-corrected chi connectivity index (χ0v) is 20.5. The van der Waals surface area contributed by atoms with Crippen molar-refractivity contribution in [3.8, 4) is 5.75 Å². The third-order valence-corrected chi connectivity index (χ3v) is 6.74. The minimum Gasteiger partial charge on any atom is -0.495 e. The molecule has 0 fully saturated rings. The molecule has 0 radical (unpaired) electrons. The van der Waals surface area contributed by atoms with Crippen molar-refractivity contribution in [2.24, 2.45) is 5.73 Å². The Morgan fingerprint density at radius 2 is 1.86 bits per heavy atom. The van der Waals surface area contributed by atoms with Crippen LogP contribution in [0.5, 0.6) is 5.75 Å². The van der Waals surface area contributed by atoms with Crippen LogP contribution in [0.4, 0.5) is 0 Å². The van der Waals surface area contributed by atoms with E-state index in [2.05, 4.69) is 10.1 Å². The average molecular weight is 518 g/mol.